The molecule has 1 rings (SSSR count). The van der Waals surface area contributed by atoms with Crippen molar-refractivity contribution >= 4 is 5.82 Å². The van der Waals surface area contributed by atoms with Crippen molar-refractivity contribution in [3.63, 3.8) is 0 Å². The number of rotatable bonds is 5. The second kappa shape index (κ2) is 5.82. The molecule has 0 aliphatic rings. The van der Waals surface area contributed by atoms with Gasteiger partial charge in [-0.2, -0.15) is 0 Å². The fourth-order valence-electron chi connectivity index (χ4n) is 1.60. The van der Waals surface area contributed by atoms with Crippen molar-refractivity contribution in [1.82, 2.24) is 4.98 Å². The van der Waals surface area contributed by atoms with E-state index in [2.05, 4.69) is 4.98 Å². The lowest BCUT2D eigenvalue weighted by Crippen LogP contribution is -2.34. The molecule has 0 spiro atoms. The normalized spacial score (nSPS) is 12.9. The highest BCUT2D eigenvalue weighted by molar-refractivity contribution is 5.42. The number of hydrogen-bond donors (Lipinski definition) is 2. The molecule has 90 valence electrons. The lowest BCUT2D eigenvalue weighted by Gasteiger charge is -2.27. The molecule has 1 aromatic heterocycles. The Morgan fingerprint density at radius 2 is 2.06 bits per heavy atom. The second-order valence-corrected chi connectivity index (χ2v) is 4.13. The molecule has 0 saturated carbocycles. The predicted octanol–water partition coefficient (Wildman–Crippen LogP) is 1.34. The van der Waals surface area contributed by atoms with Crippen LogP contribution in [0.5, 0.6) is 0 Å². The molecule has 0 aromatic carbocycles. The Morgan fingerprint density at radius 1 is 1.38 bits per heavy atom. The first-order valence-corrected chi connectivity index (χ1v) is 5.57. The summed E-state index contributed by atoms with van der Waals surface area (Å²) in [6.07, 6.45) is 1.19. The number of aliphatic hydroxyl groups excluding tert-OH is 2. The van der Waals surface area contributed by atoms with Gasteiger partial charge in [-0.3, -0.25) is 0 Å². The fourth-order valence-corrected chi connectivity index (χ4v) is 1.60. The average Bonchev–Trinajstić information content (AvgIpc) is 2.25. The summed E-state index contributed by atoms with van der Waals surface area (Å²) < 4.78 is 0. The van der Waals surface area contributed by atoms with Crippen LogP contribution in [0.1, 0.15) is 32.4 Å². The lowest BCUT2D eigenvalue weighted by atomic mass is 10.1. The number of pyridine rings is 1. The zero-order chi connectivity index (χ0) is 12.1. The van der Waals surface area contributed by atoms with Gasteiger partial charge in [0.05, 0.1) is 12.7 Å². The first-order chi connectivity index (χ1) is 7.56. The number of nitrogens with zero attached hydrogens (tertiary/aromatic N) is 2. The fraction of sp³-hybridized carbons (Fsp3) is 0.583. The van der Waals surface area contributed by atoms with E-state index in [1.54, 1.807) is 19.2 Å². The molecule has 0 bridgehead atoms. The molecule has 1 aromatic rings. The third kappa shape index (κ3) is 3.18. The van der Waals surface area contributed by atoms with Gasteiger partial charge in [0.25, 0.3) is 0 Å². The Kier molecular flexibility index (Phi) is 4.71. The summed E-state index contributed by atoms with van der Waals surface area (Å²) in [5.41, 5.74) is 0.841. The molecule has 0 fully saturated rings. The number of aromatic nitrogens is 1. The average molecular weight is 224 g/mol. The first-order valence-electron chi connectivity index (χ1n) is 5.57. The molecule has 0 saturated heterocycles. The Hall–Kier alpha value is -1.13. The molecule has 0 unspecified atom stereocenters. The second-order valence-electron chi connectivity index (χ2n) is 4.13. The van der Waals surface area contributed by atoms with Crippen molar-refractivity contribution in [1.29, 1.82) is 0 Å². The van der Waals surface area contributed by atoms with Crippen molar-refractivity contribution in [2.45, 2.75) is 32.9 Å². The smallest absolute Gasteiger partial charge is 0.129 e. The van der Waals surface area contributed by atoms with E-state index in [0.717, 1.165) is 11.4 Å². The van der Waals surface area contributed by atoms with Crippen molar-refractivity contribution in [2.75, 3.05) is 18.1 Å². The van der Waals surface area contributed by atoms with Gasteiger partial charge in [0.15, 0.2) is 0 Å². The van der Waals surface area contributed by atoms with E-state index >= 15 is 0 Å². The SMILES string of the molecule is CC(C)N(CCO)c1cc([C@@H](C)O)ccn1. The molecule has 0 aliphatic carbocycles. The molecule has 1 atom stereocenters. The van der Waals surface area contributed by atoms with Crippen LogP contribution in [0.2, 0.25) is 0 Å². The number of aliphatic hydroxyl groups is 2. The summed E-state index contributed by atoms with van der Waals surface area (Å²) in [6.45, 7) is 6.47. The highest BCUT2D eigenvalue weighted by Crippen LogP contribution is 2.19. The van der Waals surface area contributed by atoms with Crippen molar-refractivity contribution in [3.8, 4) is 0 Å². The minimum atomic E-state index is -0.495. The summed E-state index contributed by atoms with van der Waals surface area (Å²) in [4.78, 5) is 6.27. The van der Waals surface area contributed by atoms with Crippen molar-refractivity contribution in [2.24, 2.45) is 0 Å². The molecule has 2 N–H and O–H groups in total. The zero-order valence-corrected chi connectivity index (χ0v) is 10.1. The Morgan fingerprint density at radius 3 is 2.56 bits per heavy atom. The minimum Gasteiger partial charge on any atom is -0.395 e. The molecule has 0 aliphatic heterocycles. The maximum absolute atomic E-state index is 9.50. The highest BCUT2D eigenvalue weighted by atomic mass is 16.3. The standard InChI is InChI=1S/C12H20N2O2/c1-9(2)14(6-7-15)12-8-11(10(3)16)4-5-13-12/h4-5,8-10,15-16H,6-7H2,1-3H3/t10-/m1/s1. The summed E-state index contributed by atoms with van der Waals surface area (Å²) in [6, 6.07) is 3.93. The molecule has 0 radical (unpaired) electrons. The van der Waals surface area contributed by atoms with Gasteiger partial charge in [-0.1, -0.05) is 0 Å². The molecule has 1 heterocycles. The van der Waals surface area contributed by atoms with Crippen LogP contribution in [0, 0.1) is 0 Å². The summed E-state index contributed by atoms with van der Waals surface area (Å²) in [5.74, 6) is 0.794. The van der Waals surface area contributed by atoms with Crippen molar-refractivity contribution < 1.29 is 10.2 Å². The third-order valence-corrected chi connectivity index (χ3v) is 2.51. The van der Waals surface area contributed by atoms with Gasteiger partial charge in [0.2, 0.25) is 0 Å². The maximum atomic E-state index is 9.50. The van der Waals surface area contributed by atoms with Gasteiger partial charge in [-0.15, -0.1) is 0 Å². The summed E-state index contributed by atoms with van der Waals surface area (Å²) in [5, 5.41) is 18.5. The molecule has 4 nitrogen and oxygen atoms in total. The molecule has 4 heteroatoms. The van der Waals surface area contributed by atoms with Crippen LogP contribution >= 0.6 is 0 Å². The molecule has 0 amide bonds. The number of hydrogen-bond acceptors (Lipinski definition) is 4. The van der Waals surface area contributed by atoms with Gasteiger partial charge >= 0.3 is 0 Å². The minimum absolute atomic E-state index is 0.0960. The van der Waals surface area contributed by atoms with Gasteiger partial charge in [-0.05, 0) is 38.5 Å². The van der Waals surface area contributed by atoms with Gasteiger partial charge in [0, 0.05) is 18.8 Å². The Bertz CT molecular complexity index is 327. The van der Waals surface area contributed by atoms with Gasteiger partial charge in [0.1, 0.15) is 5.82 Å². The Labute approximate surface area is 96.6 Å². The molecule has 16 heavy (non-hydrogen) atoms. The quantitative estimate of drug-likeness (QED) is 0.792. The van der Waals surface area contributed by atoms with E-state index in [1.807, 2.05) is 24.8 Å². The van der Waals surface area contributed by atoms with E-state index in [-0.39, 0.29) is 12.6 Å². The van der Waals surface area contributed by atoms with Gasteiger partial charge < -0.3 is 15.1 Å². The predicted molar refractivity (Wildman–Crippen MR) is 64.4 cm³/mol. The molecular formula is C12H20N2O2. The van der Waals surface area contributed by atoms with E-state index in [9.17, 15) is 5.11 Å². The third-order valence-electron chi connectivity index (χ3n) is 2.51. The lowest BCUT2D eigenvalue weighted by molar-refractivity contribution is 0.199. The zero-order valence-electron chi connectivity index (χ0n) is 10.1. The first kappa shape index (κ1) is 12.9. The largest absolute Gasteiger partial charge is 0.395 e. The van der Waals surface area contributed by atoms with E-state index in [4.69, 9.17) is 5.11 Å². The van der Waals surface area contributed by atoms with E-state index < -0.39 is 6.10 Å². The molecular weight excluding hydrogens is 204 g/mol. The van der Waals surface area contributed by atoms with Crippen LogP contribution < -0.4 is 4.90 Å². The van der Waals surface area contributed by atoms with E-state index in [0.29, 0.717) is 6.54 Å². The topological polar surface area (TPSA) is 56.6 Å². The highest BCUT2D eigenvalue weighted by Gasteiger charge is 2.12. The van der Waals surface area contributed by atoms with Crippen LogP contribution in [-0.2, 0) is 0 Å². The van der Waals surface area contributed by atoms with Crippen LogP contribution in [0.15, 0.2) is 18.3 Å². The van der Waals surface area contributed by atoms with Crippen LogP contribution in [0.25, 0.3) is 0 Å². The number of anilines is 1. The summed E-state index contributed by atoms with van der Waals surface area (Å²) in [7, 11) is 0. The monoisotopic (exact) mass is 224 g/mol. The summed E-state index contributed by atoms with van der Waals surface area (Å²) >= 11 is 0. The van der Waals surface area contributed by atoms with Crippen LogP contribution in [0.4, 0.5) is 5.82 Å². The Balaban J connectivity index is 2.95. The van der Waals surface area contributed by atoms with Crippen LogP contribution in [0.3, 0.4) is 0 Å². The van der Waals surface area contributed by atoms with Crippen molar-refractivity contribution in [3.05, 3.63) is 23.9 Å². The van der Waals surface area contributed by atoms with Crippen LogP contribution in [-0.4, -0.2) is 34.4 Å². The van der Waals surface area contributed by atoms with E-state index in [1.165, 1.54) is 0 Å². The van der Waals surface area contributed by atoms with Gasteiger partial charge in [-0.25, -0.2) is 4.98 Å². The maximum Gasteiger partial charge on any atom is 0.129 e.